The summed E-state index contributed by atoms with van der Waals surface area (Å²) < 4.78 is 5.86. The van der Waals surface area contributed by atoms with E-state index in [1.165, 1.54) is 0 Å². The zero-order valence-electron chi connectivity index (χ0n) is 13.5. The van der Waals surface area contributed by atoms with Crippen molar-refractivity contribution in [2.24, 2.45) is 0 Å². The molecule has 1 aliphatic rings. The molecule has 116 valence electrons. The molecule has 1 atom stereocenters. The van der Waals surface area contributed by atoms with E-state index in [0.29, 0.717) is 13.2 Å². The second-order valence-corrected chi connectivity index (χ2v) is 5.77. The van der Waals surface area contributed by atoms with Gasteiger partial charge in [-0.2, -0.15) is 0 Å². The summed E-state index contributed by atoms with van der Waals surface area (Å²) in [4.78, 5) is 20.3. The van der Waals surface area contributed by atoms with Crippen LogP contribution in [0.1, 0.15) is 34.7 Å². The van der Waals surface area contributed by atoms with Crippen LogP contribution in [0.3, 0.4) is 0 Å². The molecule has 1 saturated heterocycles. The molecule has 3 heterocycles. The van der Waals surface area contributed by atoms with Gasteiger partial charge in [0.25, 0.3) is 0 Å². The molecular weight excluding hydrogens is 278 g/mol. The van der Waals surface area contributed by atoms with E-state index in [1.54, 1.807) is 0 Å². The van der Waals surface area contributed by atoms with Crippen LogP contribution in [-0.2, 0) is 4.74 Å². The monoisotopic (exact) mass is 299 g/mol. The van der Waals surface area contributed by atoms with Crippen molar-refractivity contribution in [2.45, 2.75) is 33.8 Å². The average Bonchev–Trinajstić information content (AvgIpc) is 2.45. The van der Waals surface area contributed by atoms with Crippen molar-refractivity contribution in [1.82, 2.24) is 19.9 Å². The number of anilines is 1. The predicted octanol–water partition coefficient (Wildman–Crippen LogP) is 2.08. The van der Waals surface area contributed by atoms with Gasteiger partial charge in [0, 0.05) is 29.3 Å². The maximum absolute atomic E-state index is 5.86. The standard InChI is InChI=1S/C16H21N5O/c1-10-7-11(2)18-15(17-10)14-9-21(5-6-22-14)16-19-12(3)8-13(4)20-16/h7-8,14H,5-6,9H2,1-4H3/t14-/m0/s1. The Kier molecular flexibility index (Phi) is 4.02. The largest absolute Gasteiger partial charge is 0.367 e. The molecule has 0 amide bonds. The molecule has 0 N–H and O–H groups in total. The normalized spacial score (nSPS) is 18.5. The minimum absolute atomic E-state index is 0.142. The Morgan fingerprint density at radius 3 is 2.05 bits per heavy atom. The minimum atomic E-state index is -0.142. The fourth-order valence-electron chi connectivity index (χ4n) is 2.73. The number of hydrogen-bond donors (Lipinski definition) is 0. The summed E-state index contributed by atoms with van der Waals surface area (Å²) in [5.74, 6) is 1.50. The lowest BCUT2D eigenvalue weighted by Crippen LogP contribution is -2.40. The zero-order chi connectivity index (χ0) is 15.7. The maximum Gasteiger partial charge on any atom is 0.225 e. The lowest BCUT2D eigenvalue weighted by atomic mass is 10.2. The Labute approximate surface area is 130 Å². The number of aryl methyl sites for hydroxylation is 4. The molecule has 0 aliphatic carbocycles. The van der Waals surface area contributed by atoms with Gasteiger partial charge in [-0.1, -0.05) is 0 Å². The van der Waals surface area contributed by atoms with E-state index in [0.717, 1.165) is 41.1 Å². The first-order chi connectivity index (χ1) is 10.5. The number of nitrogens with zero attached hydrogens (tertiary/aromatic N) is 5. The highest BCUT2D eigenvalue weighted by Gasteiger charge is 2.26. The molecule has 3 rings (SSSR count). The molecular formula is C16H21N5O. The summed E-state index contributed by atoms with van der Waals surface area (Å²) in [6, 6.07) is 3.95. The summed E-state index contributed by atoms with van der Waals surface area (Å²) >= 11 is 0. The third-order valence-corrected chi connectivity index (χ3v) is 3.61. The lowest BCUT2D eigenvalue weighted by molar-refractivity contribution is 0.0332. The zero-order valence-corrected chi connectivity index (χ0v) is 13.5. The van der Waals surface area contributed by atoms with Crippen LogP contribution in [-0.4, -0.2) is 39.6 Å². The third-order valence-electron chi connectivity index (χ3n) is 3.61. The van der Waals surface area contributed by atoms with E-state index in [9.17, 15) is 0 Å². The van der Waals surface area contributed by atoms with Crippen LogP contribution in [0.25, 0.3) is 0 Å². The maximum atomic E-state index is 5.86. The van der Waals surface area contributed by atoms with Crippen LogP contribution in [0.4, 0.5) is 5.95 Å². The van der Waals surface area contributed by atoms with Gasteiger partial charge in [-0.15, -0.1) is 0 Å². The Hall–Kier alpha value is -2.08. The van der Waals surface area contributed by atoms with Gasteiger partial charge < -0.3 is 9.64 Å². The first-order valence-electron chi connectivity index (χ1n) is 7.52. The van der Waals surface area contributed by atoms with Crippen molar-refractivity contribution in [2.75, 3.05) is 24.6 Å². The highest BCUT2D eigenvalue weighted by molar-refractivity contribution is 5.33. The quantitative estimate of drug-likeness (QED) is 0.846. The van der Waals surface area contributed by atoms with Gasteiger partial charge in [-0.3, -0.25) is 0 Å². The van der Waals surface area contributed by atoms with Crippen molar-refractivity contribution in [1.29, 1.82) is 0 Å². The molecule has 0 radical (unpaired) electrons. The minimum Gasteiger partial charge on any atom is -0.367 e. The Morgan fingerprint density at radius 1 is 0.909 bits per heavy atom. The van der Waals surface area contributed by atoms with E-state index in [4.69, 9.17) is 4.74 Å². The predicted molar refractivity (Wildman–Crippen MR) is 83.9 cm³/mol. The Balaban J connectivity index is 1.84. The van der Waals surface area contributed by atoms with Gasteiger partial charge in [0.2, 0.25) is 5.95 Å². The van der Waals surface area contributed by atoms with Gasteiger partial charge in [0.1, 0.15) is 6.10 Å². The van der Waals surface area contributed by atoms with Crippen LogP contribution < -0.4 is 4.90 Å². The van der Waals surface area contributed by atoms with E-state index < -0.39 is 0 Å². The molecule has 0 saturated carbocycles. The molecule has 6 heteroatoms. The molecule has 6 nitrogen and oxygen atoms in total. The fourth-order valence-corrected chi connectivity index (χ4v) is 2.73. The SMILES string of the molecule is Cc1cc(C)nc([C@@H]2CN(c3nc(C)cc(C)n3)CCO2)n1. The lowest BCUT2D eigenvalue weighted by Gasteiger charge is -2.32. The van der Waals surface area contributed by atoms with E-state index >= 15 is 0 Å². The summed E-state index contributed by atoms with van der Waals surface area (Å²) in [5.41, 5.74) is 3.89. The van der Waals surface area contributed by atoms with Gasteiger partial charge in [-0.25, -0.2) is 19.9 Å². The number of hydrogen-bond acceptors (Lipinski definition) is 6. The van der Waals surface area contributed by atoms with Gasteiger partial charge >= 0.3 is 0 Å². The first kappa shape index (κ1) is 14.8. The summed E-state index contributed by atoms with van der Waals surface area (Å²) in [7, 11) is 0. The van der Waals surface area contributed by atoms with Crippen LogP contribution in [0, 0.1) is 27.7 Å². The van der Waals surface area contributed by atoms with E-state index in [2.05, 4.69) is 24.8 Å². The molecule has 1 fully saturated rings. The van der Waals surface area contributed by atoms with Crippen molar-refractivity contribution in [3.63, 3.8) is 0 Å². The van der Waals surface area contributed by atoms with Crippen molar-refractivity contribution in [3.8, 4) is 0 Å². The summed E-state index contributed by atoms with van der Waals surface area (Å²) in [6.07, 6.45) is -0.142. The van der Waals surface area contributed by atoms with Crippen molar-refractivity contribution < 1.29 is 4.74 Å². The number of morpholine rings is 1. The third kappa shape index (κ3) is 3.22. The van der Waals surface area contributed by atoms with Crippen molar-refractivity contribution in [3.05, 3.63) is 40.7 Å². The molecule has 1 aliphatic heterocycles. The van der Waals surface area contributed by atoms with Crippen molar-refractivity contribution >= 4 is 5.95 Å². The van der Waals surface area contributed by atoms with Crippen LogP contribution >= 0.6 is 0 Å². The second-order valence-electron chi connectivity index (χ2n) is 5.77. The van der Waals surface area contributed by atoms with Crippen LogP contribution in [0.2, 0.25) is 0 Å². The molecule has 0 spiro atoms. The number of ether oxygens (including phenoxy) is 1. The highest BCUT2D eigenvalue weighted by atomic mass is 16.5. The van der Waals surface area contributed by atoms with Gasteiger partial charge in [0.05, 0.1) is 13.2 Å². The number of aromatic nitrogens is 4. The molecule has 0 bridgehead atoms. The summed E-state index contributed by atoms with van der Waals surface area (Å²) in [5, 5.41) is 0. The van der Waals surface area contributed by atoms with Crippen LogP contribution in [0.15, 0.2) is 12.1 Å². The molecule has 22 heavy (non-hydrogen) atoms. The molecule has 2 aromatic rings. The van der Waals surface area contributed by atoms with Crippen LogP contribution in [0.5, 0.6) is 0 Å². The molecule has 0 unspecified atom stereocenters. The van der Waals surface area contributed by atoms with E-state index in [-0.39, 0.29) is 6.10 Å². The summed E-state index contributed by atoms with van der Waals surface area (Å²) in [6.45, 7) is 10.0. The Bertz CT molecular complexity index is 590. The van der Waals surface area contributed by atoms with Gasteiger partial charge in [-0.05, 0) is 39.8 Å². The van der Waals surface area contributed by atoms with E-state index in [1.807, 2.05) is 39.8 Å². The Morgan fingerprint density at radius 2 is 1.45 bits per heavy atom. The smallest absolute Gasteiger partial charge is 0.225 e. The highest BCUT2D eigenvalue weighted by Crippen LogP contribution is 2.23. The number of rotatable bonds is 2. The topological polar surface area (TPSA) is 64.0 Å². The van der Waals surface area contributed by atoms with Gasteiger partial charge in [0.15, 0.2) is 5.82 Å². The second kappa shape index (κ2) is 5.96. The molecule has 0 aromatic carbocycles. The fraction of sp³-hybridized carbons (Fsp3) is 0.500. The first-order valence-corrected chi connectivity index (χ1v) is 7.52. The molecule has 2 aromatic heterocycles. The average molecular weight is 299 g/mol.